The predicted molar refractivity (Wildman–Crippen MR) is 64.8 cm³/mol. The summed E-state index contributed by atoms with van der Waals surface area (Å²) in [6, 6.07) is 0. The van der Waals surface area contributed by atoms with Crippen LogP contribution < -0.4 is 5.32 Å². The molecule has 0 aliphatic heterocycles. The summed E-state index contributed by atoms with van der Waals surface area (Å²) in [5.41, 5.74) is 1.27. The van der Waals surface area contributed by atoms with Gasteiger partial charge in [0.15, 0.2) is 0 Å². The smallest absolute Gasteiger partial charge is 0.0462 e. The van der Waals surface area contributed by atoms with Gasteiger partial charge in [0.05, 0.1) is 0 Å². The molecule has 2 unspecified atom stereocenters. The number of hydrogen-bond acceptors (Lipinski definition) is 2. The SMILES string of the molecule is C=C(CC)CNCC1CCCCC1CO. The van der Waals surface area contributed by atoms with Crippen molar-refractivity contribution in [2.24, 2.45) is 11.8 Å². The fourth-order valence-electron chi connectivity index (χ4n) is 2.35. The molecule has 2 N–H and O–H groups in total. The van der Waals surface area contributed by atoms with Crippen molar-refractivity contribution in [1.82, 2.24) is 5.32 Å². The third-order valence-electron chi connectivity index (χ3n) is 3.58. The molecule has 1 aliphatic carbocycles. The molecule has 2 nitrogen and oxygen atoms in total. The molecule has 1 rings (SSSR count). The van der Waals surface area contributed by atoms with E-state index in [9.17, 15) is 5.11 Å². The number of hydrogen-bond donors (Lipinski definition) is 2. The fourth-order valence-corrected chi connectivity index (χ4v) is 2.35. The molecule has 0 heterocycles. The lowest BCUT2D eigenvalue weighted by Crippen LogP contribution is -2.33. The number of rotatable bonds is 6. The number of aliphatic hydroxyl groups excluding tert-OH is 1. The van der Waals surface area contributed by atoms with Crippen molar-refractivity contribution in [3.8, 4) is 0 Å². The van der Waals surface area contributed by atoms with E-state index in [0.717, 1.165) is 19.5 Å². The molecule has 1 aliphatic rings. The summed E-state index contributed by atoms with van der Waals surface area (Å²) in [5.74, 6) is 1.20. The summed E-state index contributed by atoms with van der Waals surface area (Å²) in [5, 5.41) is 12.7. The number of aliphatic hydroxyl groups is 1. The van der Waals surface area contributed by atoms with Crippen molar-refractivity contribution in [3.63, 3.8) is 0 Å². The summed E-state index contributed by atoms with van der Waals surface area (Å²) in [6.45, 7) is 8.47. The normalized spacial score (nSPS) is 26.5. The predicted octanol–water partition coefficient (Wildman–Crippen LogP) is 2.34. The Morgan fingerprint density at radius 3 is 2.60 bits per heavy atom. The molecule has 2 atom stereocenters. The highest BCUT2D eigenvalue weighted by Crippen LogP contribution is 2.28. The molecule has 0 saturated heterocycles. The number of nitrogens with one attached hydrogen (secondary N) is 1. The highest BCUT2D eigenvalue weighted by atomic mass is 16.3. The fraction of sp³-hybridized carbons (Fsp3) is 0.846. The molecule has 0 aromatic carbocycles. The second-order valence-corrected chi connectivity index (χ2v) is 4.72. The summed E-state index contributed by atoms with van der Waals surface area (Å²) >= 11 is 0. The summed E-state index contributed by atoms with van der Waals surface area (Å²) in [7, 11) is 0. The average Bonchev–Trinajstić information content (AvgIpc) is 2.29. The van der Waals surface area contributed by atoms with E-state index < -0.39 is 0 Å². The van der Waals surface area contributed by atoms with Crippen LogP contribution in [0.1, 0.15) is 39.0 Å². The standard InChI is InChI=1S/C13H25NO/c1-3-11(2)8-14-9-12-6-4-5-7-13(12)10-15/h12-15H,2-10H2,1H3. The van der Waals surface area contributed by atoms with Crippen molar-refractivity contribution < 1.29 is 5.11 Å². The van der Waals surface area contributed by atoms with E-state index in [0.29, 0.717) is 18.4 Å². The first-order valence-corrected chi connectivity index (χ1v) is 6.26. The Hall–Kier alpha value is -0.340. The van der Waals surface area contributed by atoms with E-state index in [1.54, 1.807) is 0 Å². The first-order chi connectivity index (χ1) is 7.27. The van der Waals surface area contributed by atoms with Gasteiger partial charge in [0.2, 0.25) is 0 Å². The van der Waals surface area contributed by atoms with Gasteiger partial charge in [-0.2, -0.15) is 0 Å². The molecule has 0 bridgehead atoms. The molecule has 15 heavy (non-hydrogen) atoms. The molecular formula is C13H25NO. The van der Waals surface area contributed by atoms with Crippen molar-refractivity contribution in [1.29, 1.82) is 0 Å². The van der Waals surface area contributed by atoms with Gasteiger partial charge in [0.1, 0.15) is 0 Å². The minimum absolute atomic E-state index is 0.362. The Morgan fingerprint density at radius 2 is 2.00 bits per heavy atom. The van der Waals surface area contributed by atoms with Gasteiger partial charge in [0.25, 0.3) is 0 Å². The second-order valence-electron chi connectivity index (χ2n) is 4.72. The zero-order valence-corrected chi connectivity index (χ0v) is 9.97. The van der Waals surface area contributed by atoms with E-state index in [1.165, 1.54) is 31.3 Å². The minimum atomic E-state index is 0.362. The Bertz CT molecular complexity index is 191. The van der Waals surface area contributed by atoms with Crippen molar-refractivity contribution >= 4 is 0 Å². The van der Waals surface area contributed by atoms with Gasteiger partial charge >= 0.3 is 0 Å². The maximum atomic E-state index is 9.27. The summed E-state index contributed by atoms with van der Waals surface area (Å²) in [4.78, 5) is 0. The molecule has 0 radical (unpaired) electrons. The van der Waals surface area contributed by atoms with Gasteiger partial charge in [-0.15, -0.1) is 0 Å². The molecule has 2 heteroatoms. The van der Waals surface area contributed by atoms with E-state index in [-0.39, 0.29) is 0 Å². The van der Waals surface area contributed by atoms with Gasteiger partial charge in [-0.1, -0.05) is 31.9 Å². The molecule has 0 amide bonds. The van der Waals surface area contributed by atoms with Crippen LogP contribution in [0.2, 0.25) is 0 Å². The Labute approximate surface area is 93.8 Å². The Kier molecular flexibility index (Phi) is 5.96. The van der Waals surface area contributed by atoms with Crippen LogP contribution in [0.4, 0.5) is 0 Å². The van der Waals surface area contributed by atoms with Gasteiger partial charge in [-0.05, 0) is 37.6 Å². The van der Waals surface area contributed by atoms with Crippen molar-refractivity contribution in [2.75, 3.05) is 19.7 Å². The van der Waals surface area contributed by atoms with Crippen LogP contribution in [-0.4, -0.2) is 24.8 Å². The van der Waals surface area contributed by atoms with E-state index in [4.69, 9.17) is 0 Å². The molecule has 1 fully saturated rings. The van der Waals surface area contributed by atoms with E-state index in [1.807, 2.05) is 0 Å². The molecule has 0 aromatic heterocycles. The largest absolute Gasteiger partial charge is 0.396 e. The molecule has 0 spiro atoms. The summed E-state index contributed by atoms with van der Waals surface area (Å²) in [6.07, 6.45) is 6.16. The monoisotopic (exact) mass is 211 g/mol. The maximum absolute atomic E-state index is 9.27. The average molecular weight is 211 g/mol. The lowest BCUT2D eigenvalue weighted by molar-refractivity contribution is 0.134. The Morgan fingerprint density at radius 1 is 1.33 bits per heavy atom. The van der Waals surface area contributed by atoms with Crippen LogP contribution in [-0.2, 0) is 0 Å². The van der Waals surface area contributed by atoms with Gasteiger partial charge in [0, 0.05) is 13.2 Å². The quantitative estimate of drug-likeness (QED) is 0.661. The molecule has 0 aromatic rings. The third kappa shape index (κ3) is 4.35. The first kappa shape index (κ1) is 12.7. The van der Waals surface area contributed by atoms with Crippen LogP contribution in [0.25, 0.3) is 0 Å². The minimum Gasteiger partial charge on any atom is -0.396 e. The van der Waals surface area contributed by atoms with E-state index in [2.05, 4.69) is 18.8 Å². The maximum Gasteiger partial charge on any atom is 0.0462 e. The zero-order chi connectivity index (χ0) is 11.1. The first-order valence-electron chi connectivity index (χ1n) is 6.26. The van der Waals surface area contributed by atoms with Crippen LogP contribution in [0.15, 0.2) is 12.2 Å². The molecule has 1 saturated carbocycles. The van der Waals surface area contributed by atoms with Gasteiger partial charge in [-0.3, -0.25) is 0 Å². The van der Waals surface area contributed by atoms with E-state index >= 15 is 0 Å². The topological polar surface area (TPSA) is 32.3 Å². The zero-order valence-electron chi connectivity index (χ0n) is 9.97. The van der Waals surface area contributed by atoms with Crippen LogP contribution in [0.5, 0.6) is 0 Å². The summed E-state index contributed by atoms with van der Waals surface area (Å²) < 4.78 is 0. The van der Waals surface area contributed by atoms with Crippen molar-refractivity contribution in [3.05, 3.63) is 12.2 Å². The second kappa shape index (κ2) is 7.02. The Balaban J connectivity index is 2.20. The lowest BCUT2D eigenvalue weighted by atomic mass is 9.79. The highest BCUT2D eigenvalue weighted by molar-refractivity contribution is 4.95. The van der Waals surface area contributed by atoms with Gasteiger partial charge in [-0.25, -0.2) is 0 Å². The van der Waals surface area contributed by atoms with Crippen LogP contribution >= 0.6 is 0 Å². The highest BCUT2D eigenvalue weighted by Gasteiger charge is 2.23. The third-order valence-corrected chi connectivity index (χ3v) is 3.58. The van der Waals surface area contributed by atoms with Crippen LogP contribution in [0, 0.1) is 11.8 Å². The molecular weight excluding hydrogens is 186 g/mol. The van der Waals surface area contributed by atoms with Gasteiger partial charge < -0.3 is 10.4 Å². The van der Waals surface area contributed by atoms with Crippen LogP contribution in [0.3, 0.4) is 0 Å². The lowest BCUT2D eigenvalue weighted by Gasteiger charge is -2.30. The molecule has 88 valence electrons. The van der Waals surface area contributed by atoms with Crippen molar-refractivity contribution in [2.45, 2.75) is 39.0 Å².